The van der Waals surface area contributed by atoms with Gasteiger partial charge in [-0.3, -0.25) is 10.1 Å². The van der Waals surface area contributed by atoms with Crippen LogP contribution in [0.4, 0.5) is 5.69 Å². The van der Waals surface area contributed by atoms with Crippen LogP contribution in [-0.4, -0.2) is 62.5 Å². The van der Waals surface area contributed by atoms with Gasteiger partial charge in [-0.2, -0.15) is 4.31 Å². The Bertz CT molecular complexity index is 809. The first-order valence-corrected chi connectivity index (χ1v) is 13.4. The lowest BCUT2D eigenvalue weighted by Crippen LogP contribution is -2.48. The van der Waals surface area contributed by atoms with E-state index in [1.807, 2.05) is 0 Å². The van der Waals surface area contributed by atoms with Crippen LogP contribution in [0.15, 0.2) is 18.3 Å². The second-order valence-electron chi connectivity index (χ2n) is 8.24. The van der Waals surface area contributed by atoms with Crippen LogP contribution < -0.4 is 4.74 Å². The SMILES string of the molecule is CC(C)(C)[Si](C)(C)OC1CN(S(C)(=O)=O)CC1Oc1ncccc1[N+](=O)[O-]. The van der Waals surface area contributed by atoms with Crippen molar-refractivity contribution in [3.8, 4) is 5.88 Å². The zero-order chi connectivity index (χ0) is 20.6. The van der Waals surface area contributed by atoms with E-state index in [1.54, 1.807) is 0 Å². The molecule has 0 amide bonds. The molecule has 1 aliphatic heterocycles. The van der Waals surface area contributed by atoms with E-state index >= 15 is 0 Å². The Morgan fingerprint density at radius 3 is 2.41 bits per heavy atom. The molecular weight excluding hydrogens is 390 g/mol. The first-order valence-electron chi connectivity index (χ1n) is 8.61. The van der Waals surface area contributed by atoms with Crippen molar-refractivity contribution >= 4 is 24.0 Å². The molecular formula is C16H27N3O6SSi. The molecule has 11 heteroatoms. The number of hydrogen-bond acceptors (Lipinski definition) is 7. The second-order valence-corrected chi connectivity index (χ2v) is 15.0. The number of ether oxygens (including phenoxy) is 1. The van der Waals surface area contributed by atoms with Crippen LogP contribution in [0.2, 0.25) is 18.1 Å². The Balaban J connectivity index is 2.32. The van der Waals surface area contributed by atoms with E-state index in [4.69, 9.17) is 9.16 Å². The van der Waals surface area contributed by atoms with Gasteiger partial charge in [-0.1, -0.05) is 20.8 Å². The van der Waals surface area contributed by atoms with E-state index < -0.39 is 35.5 Å². The molecule has 0 N–H and O–H groups in total. The second kappa shape index (κ2) is 7.45. The molecule has 0 bridgehead atoms. The average molecular weight is 418 g/mol. The average Bonchev–Trinajstić information content (AvgIpc) is 2.89. The predicted molar refractivity (Wildman–Crippen MR) is 104 cm³/mol. The molecule has 0 aromatic carbocycles. The molecule has 1 aromatic rings. The lowest BCUT2D eigenvalue weighted by molar-refractivity contribution is -0.386. The quantitative estimate of drug-likeness (QED) is 0.397. The Hall–Kier alpha value is -1.56. The predicted octanol–water partition coefficient (Wildman–Crippen LogP) is 2.40. The number of hydrogen-bond donors (Lipinski definition) is 0. The fraction of sp³-hybridized carbons (Fsp3) is 0.688. The summed E-state index contributed by atoms with van der Waals surface area (Å²) in [7, 11) is -5.65. The highest BCUT2D eigenvalue weighted by Gasteiger charge is 2.46. The summed E-state index contributed by atoms with van der Waals surface area (Å²) in [5, 5.41) is 11.1. The van der Waals surface area contributed by atoms with E-state index in [-0.39, 0.29) is 29.7 Å². The molecule has 1 aromatic heterocycles. The van der Waals surface area contributed by atoms with Crippen LogP contribution in [0, 0.1) is 10.1 Å². The maximum atomic E-state index is 12.0. The molecule has 1 saturated heterocycles. The minimum atomic E-state index is -3.44. The van der Waals surface area contributed by atoms with Gasteiger partial charge in [-0.25, -0.2) is 13.4 Å². The summed E-state index contributed by atoms with van der Waals surface area (Å²) in [6.07, 6.45) is 1.32. The van der Waals surface area contributed by atoms with Crippen molar-refractivity contribution in [1.82, 2.24) is 9.29 Å². The van der Waals surface area contributed by atoms with Gasteiger partial charge in [0.1, 0.15) is 6.10 Å². The monoisotopic (exact) mass is 417 g/mol. The number of pyridine rings is 1. The first kappa shape index (κ1) is 21.7. The molecule has 0 radical (unpaired) electrons. The summed E-state index contributed by atoms with van der Waals surface area (Å²) >= 11 is 0. The summed E-state index contributed by atoms with van der Waals surface area (Å²) in [6.45, 7) is 10.6. The van der Waals surface area contributed by atoms with Gasteiger partial charge in [0, 0.05) is 18.8 Å². The maximum absolute atomic E-state index is 12.0. The van der Waals surface area contributed by atoms with Gasteiger partial charge in [0.25, 0.3) is 5.88 Å². The Morgan fingerprint density at radius 2 is 1.89 bits per heavy atom. The summed E-state index contributed by atoms with van der Waals surface area (Å²) in [6, 6.07) is 2.75. The van der Waals surface area contributed by atoms with Crippen LogP contribution in [0.1, 0.15) is 20.8 Å². The number of nitrogens with zero attached hydrogens (tertiary/aromatic N) is 3. The highest BCUT2D eigenvalue weighted by atomic mass is 32.2. The molecule has 2 heterocycles. The van der Waals surface area contributed by atoms with Crippen molar-refractivity contribution in [2.24, 2.45) is 0 Å². The van der Waals surface area contributed by atoms with E-state index in [2.05, 4.69) is 38.8 Å². The Morgan fingerprint density at radius 1 is 1.30 bits per heavy atom. The fourth-order valence-corrected chi connectivity index (χ4v) is 4.69. The zero-order valence-corrected chi connectivity index (χ0v) is 18.3. The molecule has 2 unspecified atom stereocenters. The molecule has 2 rings (SSSR count). The van der Waals surface area contributed by atoms with E-state index in [0.717, 1.165) is 6.26 Å². The minimum Gasteiger partial charge on any atom is -0.465 e. The topological polar surface area (TPSA) is 112 Å². The van der Waals surface area contributed by atoms with Gasteiger partial charge in [0.15, 0.2) is 8.32 Å². The van der Waals surface area contributed by atoms with E-state index in [9.17, 15) is 18.5 Å². The molecule has 152 valence electrons. The van der Waals surface area contributed by atoms with Crippen LogP contribution in [-0.2, 0) is 14.4 Å². The highest BCUT2D eigenvalue weighted by Crippen LogP contribution is 2.39. The van der Waals surface area contributed by atoms with Crippen molar-refractivity contribution in [1.29, 1.82) is 0 Å². The molecule has 2 atom stereocenters. The van der Waals surface area contributed by atoms with Crippen molar-refractivity contribution in [2.75, 3.05) is 19.3 Å². The van der Waals surface area contributed by atoms with Crippen LogP contribution in [0.5, 0.6) is 5.88 Å². The fourth-order valence-electron chi connectivity index (χ4n) is 2.52. The van der Waals surface area contributed by atoms with Crippen molar-refractivity contribution in [2.45, 2.75) is 51.1 Å². The standard InChI is InChI=1S/C16H27N3O6SSi/c1-16(2,3)27(5,6)25-14-11-18(26(4,22)23)10-13(14)24-15-12(19(20)21)8-7-9-17-15/h7-9,13-14H,10-11H2,1-6H3. The summed E-state index contributed by atoms with van der Waals surface area (Å²) in [4.78, 5) is 14.6. The van der Waals surface area contributed by atoms with Crippen molar-refractivity contribution < 1.29 is 22.5 Å². The molecule has 0 spiro atoms. The third kappa shape index (κ3) is 5.03. The van der Waals surface area contributed by atoms with Crippen LogP contribution >= 0.6 is 0 Å². The maximum Gasteiger partial charge on any atom is 0.330 e. The summed E-state index contributed by atoms with van der Waals surface area (Å²) in [5.41, 5.74) is -0.263. The first-order chi connectivity index (χ1) is 12.2. The van der Waals surface area contributed by atoms with Gasteiger partial charge in [-0.05, 0) is 24.2 Å². The van der Waals surface area contributed by atoms with Crippen LogP contribution in [0.3, 0.4) is 0 Å². The number of sulfonamides is 1. The van der Waals surface area contributed by atoms with Gasteiger partial charge >= 0.3 is 5.69 Å². The summed E-state index contributed by atoms with van der Waals surface area (Å²) < 4.78 is 37.5. The van der Waals surface area contributed by atoms with Gasteiger partial charge in [-0.15, -0.1) is 0 Å². The lowest BCUT2D eigenvalue weighted by atomic mass is 10.2. The largest absolute Gasteiger partial charge is 0.465 e. The molecule has 0 saturated carbocycles. The third-order valence-electron chi connectivity index (χ3n) is 5.11. The number of aromatic nitrogens is 1. The molecule has 1 aliphatic rings. The minimum absolute atomic E-state index is 0.0614. The third-order valence-corrected chi connectivity index (χ3v) is 10.9. The van der Waals surface area contributed by atoms with E-state index in [1.165, 1.54) is 22.6 Å². The van der Waals surface area contributed by atoms with Gasteiger partial charge in [0.05, 0.1) is 23.8 Å². The smallest absolute Gasteiger partial charge is 0.330 e. The molecule has 0 aliphatic carbocycles. The Kier molecular flexibility index (Phi) is 6.00. The van der Waals surface area contributed by atoms with Crippen molar-refractivity contribution in [3.05, 3.63) is 28.4 Å². The molecule has 1 fully saturated rings. The lowest BCUT2D eigenvalue weighted by Gasteiger charge is -2.39. The number of nitro groups is 1. The van der Waals surface area contributed by atoms with E-state index in [0.29, 0.717) is 0 Å². The molecule has 27 heavy (non-hydrogen) atoms. The number of rotatable bonds is 6. The van der Waals surface area contributed by atoms with Gasteiger partial charge in [0.2, 0.25) is 10.0 Å². The van der Waals surface area contributed by atoms with Gasteiger partial charge < -0.3 is 9.16 Å². The highest BCUT2D eigenvalue weighted by molar-refractivity contribution is 7.88. The zero-order valence-electron chi connectivity index (χ0n) is 16.5. The van der Waals surface area contributed by atoms with Crippen LogP contribution in [0.25, 0.3) is 0 Å². The molecule has 9 nitrogen and oxygen atoms in total. The van der Waals surface area contributed by atoms with Crippen molar-refractivity contribution in [3.63, 3.8) is 0 Å². The summed E-state index contributed by atoms with van der Waals surface area (Å²) in [5.74, 6) is -0.133. The normalized spacial score (nSPS) is 22.0. The Labute approximate surface area is 161 Å².